The lowest BCUT2D eigenvalue weighted by Crippen LogP contribution is -2.30. The Labute approximate surface area is 88.3 Å². The van der Waals surface area contributed by atoms with Crippen LogP contribution in [-0.2, 0) is 6.54 Å². The molecule has 0 aromatic carbocycles. The van der Waals surface area contributed by atoms with Crippen molar-refractivity contribution >= 4 is 0 Å². The molecular weight excluding hydrogens is 192 g/mol. The van der Waals surface area contributed by atoms with Gasteiger partial charge in [0.1, 0.15) is 0 Å². The lowest BCUT2D eigenvalue weighted by Gasteiger charge is -2.03. The van der Waals surface area contributed by atoms with Crippen LogP contribution in [0.15, 0.2) is 27.4 Å². The van der Waals surface area contributed by atoms with Gasteiger partial charge < -0.3 is 4.57 Å². The first kappa shape index (κ1) is 11.5. The molecule has 1 N–H and O–H groups in total. The van der Waals surface area contributed by atoms with E-state index in [2.05, 4.69) is 11.1 Å². The van der Waals surface area contributed by atoms with Crippen molar-refractivity contribution in [1.29, 1.82) is 0 Å². The molecule has 0 radical (unpaired) electrons. The Kier molecular flexibility index (Phi) is 3.66. The van der Waals surface area contributed by atoms with E-state index in [4.69, 9.17) is 0 Å². The van der Waals surface area contributed by atoms with Crippen LogP contribution in [0.5, 0.6) is 0 Å². The van der Waals surface area contributed by atoms with Crippen molar-refractivity contribution in [3.8, 4) is 0 Å². The van der Waals surface area contributed by atoms with E-state index >= 15 is 0 Å². The van der Waals surface area contributed by atoms with E-state index in [9.17, 15) is 9.59 Å². The van der Waals surface area contributed by atoms with Gasteiger partial charge in [0.15, 0.2) is 0 Å². The summed E-state index contributed by atoms with van der Waals surface area (Å²) < 4.78 is 1.52. The predicted octanol–water partition coefficient (Wildman–Crippen LogP) is 1.20. The van der Waals surface area contributed by atoms with E-state index in [1.54, 1.807) is 13.1 Å². The normalized spacial score (nSPS) is 10.1. The third-order valence-electron chi connectivity index (χ3n) is 2.11. The fraction of sp³-hybridized carbons (Fsp3) is 0.455. The average molecular weight is 208 g/mol. The predicted molar refractivity (Wildman–Crippen MR) is 60.1 cm³/mol. The number of hydrogen-bond donors (Lipinski definition) is 1. The molecule has 1 aromatic rings. The Balaban J connectivity index is 2.87. The monoisotopic (exact) mass is 208 g/mol. The van der Waals surface area contributed by atoms with Gasteiger partial charge in [0.2, 0.25) is 0 Å². The Morgan fingerprint density at radius 1 is 1.47 bits per heavy atom. The summed E-state index contributed by atoms with van der Waals surface area (Å²) in [6, 6.07) is 0. The molecule has 0 amide bonds. The average Bonchev–Trinajstić information content (AvgIpc) is 2.13. The van der Waals surface area contributed by atoms with Crippen LogP contribution in [0.25, 0.3) is 0 Å². The highest BCUT2D eigenvalue weighted by molar-refractivity contribution is 5.01. The molecule has 0 aliphatic heterocycles. The molecule has 0 unspecified atom stereocenters. The van der Waals surface area contributed by atoms with Gasteiger partial charge in [-0.05, 0) is 27.2 Å². The van der Waals surface area contributed by atoms with Gasteiger partial charge in [0, 0.05) is 18.3 Å². The van der Waals surface area contributed by atoms with E-state index in [0.29, 0.717) is 12.1 Å². The number of aromatic nitrogens is 2. The molecule has 4 heteroatoms. The SMILES string of the molecule is CC(C)=CCCn1cc(C)c(=O)[nH]c1=O. The smallest absolute Gasteiger partial charge is 0.300 e. The van der Waals surface area contributed by atoms with Crippen molar-refractivity contribution in [1.82, 2.24) is 9.55 Å². The molecule has 4 nitrogen and oxygen atoms in total. The molecule has 82 valence electrons. The van der Waals surface area contributed by atoms with Crippen LogP contribution < -0.4 is 11.2 Å². The number of aryl methyl sites for hydroxylation is 2. The number of allylic oxidation sites excluding steroid dienone is 2. The summed E-state index contributed by atoms with van der Waals surface area (Å²) in [5, 5.41) is 0. The van der Waals surface area contributed by atoms with Gasteiger partial charge in [-0.3, -0.25) is 9.78 Å². The summed E-state index contributed by atoms with van der Waals surface area (Å²) in [6.07, 6.45) is 4.46. The minimum absolute atomic E-state index is 0.307. The van der Waals surface area contributed by atoms with Gasteiger partial charge >= 0.3 is 5.69 Å². The van der Waals surface area contributed by atoms with Crippen LogP contribution in [0.4, 0.5) is 0 Å². The van der Waals surface area contributed by atoms with Crippen molar-refractivity contribution < 1.29 is 0 Å². The maximum Gasteiger partial charge on any atom is 0.328 e. The van der Waals surface area contributed by atoms with E-state index < -0.39 is 0 Å². The fourth-order valence-electron chi connectivity index (χ4n) is 1.28. The molecule has 0 fully saturated rings. The lowest BCUT2D eigenvalue weighted by atomic mass is 10.2. The first-order valence-corrected chi connectivity index (χ1v) is 4.94. The quantitative estimate of drug-likeness (QED) is 0.759. The summed E-state index contributed by atoms with van der Waals surface area (Å²) in [7, 11) is 0. The van der Waals surface area contributed by atoms with Crippen molar-refractivity contribution in [2.24, 2.45) is 0 Å². The maximum atomic E-state index is 11.4. The number of hydrogen-bond acceptors (Lipinski definition) is 2. The zero-order valence-corrected chi connectivity index (χ0v) is 9.33. The Morgan fingerprint density at radius 2 is 2.13 bits per heavy atom. The second-order valence-corrected chi connectivity index (χ2v) is 3.83. The van der Waals surface area contributed by atoms with Crippen molar-refractivity contribution in [2.45, 2.75) is 33.7 Å². The van der Waals surface area contributed by atoms with Crippen molar-refractivity contribution in [2.75, 3.05) is 0 Å². The number of nitrogens with one attached hydrogen (secondary N) is 1. The molecule has 0 atom stereocenters. The summed E-state index contributed by atoms with van der Waals surface area (Å²) in [5.41, 5.74) is 1.14. The molecule has 15 heavy (non-hydrogen) atoms. The first-order chi connectivity index (χ1) is 7.00. The molecule has 0 spiro atoms. The zero-order valence-electron chi connectivity index (χ0n) is 9.33. The Hall–Kier alpha value is -1.58. The molecule has 0 saturated heterocycles. The van der Waals surface area contributed by atoms with Crippen molar-refractivity contribution in [3.63, 3.8) is 0 Å². The van der Waals surface area contributed by atoms with E-state index in [1.165, 1.54) is 10.1 Å². The van der Waals surface area contributed by atoms with Gasteiger partial charge in [0.05, 0.1) is 0 Å². The minimum Gasteiger partial charge on any atom is -0.300 e. The molecule has 0 aliphatic rings. The lowest BCUT2D eigenvalue weighted by molar-refractivity contribution is 0.649. The third-order valence-corrected chi connectivity index (χ3v) is 2.11. The van der Waals surface area contributed by atoms with Crippen LogP contribution in [0.3, 0.4) is 0 Å². The number of aromatic amines is 1. The summed E-state index contributed by atoms with van der Waals surface area (Å²) in [5.74, 6) is 0. The van der Waals surface area contributed by atoms with Crippen LogP contribution in [0, 0.1) is 6.92 Å². The maximum absolute atomic E-state index is 11.4. The van der Waals surface area contributed by atoms with E-state index in [-0.39, 0.29) is 11.2 Å². The summed E-state index contributed by atoms with van der Waals surface area (Å²) >= 11 is 0. The summed E-state index contributed by atoms with van der Waals surface area (Å²) in [6.45, 7) is 6.32. The fourth-order valence-corrected chi connectivity index (χ4v) is 1.28. The third kappa shape index (κ3) is 3.23. The van der Waals surface area contributed by atoms with Gasteiger partial charge in [-0.1, -0.05) is 11.6 Å². The van der Waals surface area contributed by atoms with Crippen LogP contribution >= 0.6 is 0 Å². The van der Waals surface area contributed by atoms with Gasteiger partial charge in [-0.15, -0.1) is 0 Å². The number of rotatable bonds is 3. The number of nitrogens with zero attached hydrogens (tertiary/aromatic N) is 1. The summed E-state index contributed by atoms with van der Waals surface area (Å²) in [4.78, 5) is 24.7. The standard InChI is InChI=1S/C11H16N2O2/c1-8(2)5-4-6-13-7-9(3)10(14)12-11(13)15/h5,7H,4,6H2,1-3H3,(H,12,14,15). The highest BCUT2D eigenvalue weighted by Crippen LogP contribution is 1.95. The molecule has 1 heterocycles. The van der Waals surface area contributed by atoms with E-state index in [1.807, 2.05) is 13.8 Å². The topological polar surface area (TPSA) is 54.9 Å². The first-order valence-electron chi connectivity index (χ1n) is 4.94. The van der Waals surface area contributed by atoms with Crippen LogP contribution in [0.2, 0.25) is 0 Å². The van der Waals surface area contributed by atoms with Gasteiger partial charge in [0.25, 0.3) is 5.56 Å². The van der Waals surface area contributed by atoms with Crippen LogP contribution in [-0.4, -0.2) is 9.55 Å². The second kappa shape index (κ2) is 4.77. The molecular formula is C11H16N2O2. The second-order valence-electron chi connectivity index (χ2n) is 3.83. The highest BCUT2D eigenvalue weighted by Gasteiger charge is 1.98. The Bertz CT molecular complexity index is 476. The molecule has 0 aliphatic carbocycles. The molecule has 0 bridgehead atoms. The Morgan fingerprint density at radius 3 is 2.73 bits per heavy atom. The minimum atomic E-state index is -0.340. The molecule has 1 rings (SSSR count). The molecule has 1 aromatic heterocycles. The number of H-pyrrole nitrogens is 1. The van der Waals surface area contributed by atoms with Crippen LogP contribution in [0.1, 0.15) is 25.8 Å². The van der Waals surface area contributed by atoms with Crippen molar-refractivity contribution in [3.05, 3.63) is 44.2 Å². The highest BCUT2D eigenvalue weighted by atomic mass is 16.2. The van der Waals surface area contributed by atoms with Gasteiger partial charge in [-0.2, -0.15) is 0 Å². The molecule has 0 saturated carbocycles. The van der Waals surface area contributed by atoms with E-state index in [0.717, 1.165) is 6.42 Å². The van der Waals surface area contributed by atoms with Gasteiger partial charge in [-0.25, -0.2) is 4.79 Å². The largest absolute Gasteiger partial charge is 0.328 e. The zero-order chi connectivity index (χ0) is 11.4.